The first-order valence-electron chi connectivity index (χ1n) is 9.86. The van der Waals surface area contributed by atoms with Gasteiger partial charge in [-0.1, -0.05) is 24.6 Å². The van der Waals surface area contributed by atoms with Gasteiger partial charge in [0.05, 0.1) is 33.9 Å². The highest BCUT2D eigenvalue weighted by atomic mass is 35.5. The molecule has 1 atom stereocenters. The Morgan fingerprint density at radius 3 is 2.64 bits per heavy atom. The van der Waals surface area contributed by atoms with Crippen LogP contribution in [0.1, 0.15) is 30.8 Å². The molecule has 7 N–H and O–H groups in total. The largest absolute Gasteiger partial charge is 0.384 e. The van der Waals surface area contributed by atoms with Gasteiger partial charge in [0.15, 0.2) is 5.82 Å². The number of pyridine rings is 1. The molecule has 0 aliphatic rings. The fourth-order valence-corrected chi connectivity index (χ4v) is 3.70. The van der Waals surface area contributed by atoms with E-state index in [1.54, 1.807) is 30.3 Å². The van der Waals surface area contributed by atoms with Crippen LogP contribution in [0.4, 0.5) is 23.4 Å². The van der Waals surface area contributed by atoms with Gasteiger partial charge in [-0.2, -0.15) is 15.2 Å². The van der Waals surface area contributed by atoms with Crippen LogP contribution in [0.15, 0.2) is 41.3 Å². The molecule has 4 rings (SSSR count). The molecule has 1 aromatic carbocycles. The second kappa shape index (κ2) is 8.60. The van der Waals surface area contributed by atoms with Crippen molar-refractivity contribution in [3.63, 3.8) is 0 Å². The molecule has 0 radical (unpaired) electrons. The lowest BCUT2D eigenvalue weighted by Gasteiger charge is -2.22. The molecular formula is C21H19ClN10O. The number of nitrogens with two attached hydrogens (primary N) is 3. The first-order chi connectivity index (χ1) is 15.8. The number of anilines is 4. The smallest absolute Gasteiger partial charge is 0.267 e. The molecular weight excluding hydrogens is 444 g/mol. The summed E-state index contributed by atoms with van der Waals surface area (Å²) in [7, 11) is 0. The van der Waals surface area contributed by atoms with E-state index in [0.717, 1.165) is 0 Å². The van der Waals surface area contributed by atoms with Crippen molar-refractivity contribution in [2.24, 2.45) is 0 Å². The van der Waals surface area contributed by atoms with Crippen LogP contribution in [-0.2, 0) is 0 Å². The predicted molar refractivity (Wildman–Crippen MR) is 127 cm³/mol. The molecule has 0 aliphatic carbocycles. The van der Waals surface area contributed by atoms with Gasteiger partial charge in [-0.25, -0.2) is 9.97 Å². The van der Waals surface area contributed by atoms with E-state index >= 15 is 0 Å². The van der Waals surface area contributed by atoms with E-state index in [4.69, 9.17) is 33.8 Å². The van der Waals surface area contributed by atoms with Crippen LogP contribution >= 0.6 is 11.6 Å². The fraction of sp³-hybridized carbons (Fsp3) is 0.143. The van der Waals surface area contributed by atoms with Crippen molar-refractivity contribution >= 4 is 45.9 Å². The summed E-state index contributed by atoms with van der Waals surface area (Å²) >= 11 is 6.33. The van der Waals surface area contributed by atoms with Gasteiger partial charge in [-0.15, -0.1) is 0 Å². The average molecular weight is 463 g/mol. The lowest BCUT2D eigenvalue weighted by molar-refractivity contribution is 0.657. The van der Waals surface area contributed by atoms with Crippen molar-refractivity contribution in [2.75, 3.05) is 22.5 Å². The molecule has 0 amide bonds. The summed E-state index contributed by atoms with van der Waals surface area (Å²) in [6.07, 6.45) is 1.94. The number of halogens is 1. The predicted octanol–water partition coefficient (Wildman–Crippen LogP) is 2.41. The molecule has 166 valence electrons. The molecule has 0 bridgehead atoms. The van der Waals surface area contributed by atoms with Gasteiger partial charge in [-0.05, 0) is 30.7 Å². The van der Waals surface area contributed by atoms with Gasteiger partial charge >= 0.3 is 0 Å². The summed E-state index contributed by atoms with van der Waals surface area (Å²) in [5, 5.41) is 13.2. The van der Waals surface area contributed by atoms with Gasteiger partial charge in [0.2, 0.25) is 5.95 Å². The summed E-state index contributed by atoms with van der Waals surface area (Å²) in [5.74, 6) is 0.638. The number of nitrogen functional groups attached to an aromatic ring is 3. The SMILES string of the molecule is CC[C@H](Nc1nc(N)nc(N)c1C#N)c1nc2cccc(Cl)c2c(=O)n1-c1ccc(N)nc1. The van der Waals surface area contributed by atoms with Crippen LogP contribution < -0.4 is 28.1 Å². The fourth-order valence-electron chi connectivity index (χ4n) is 3.44. The Kier molecular flexibility index (Phi) is 5.68. The van der Waals surface area contributed by atoms with E-state index < -0.39 is 6.04 Å². The first-order valence-corrected chi connectivity index (χ1v) is 10.2. The maximum absolute atomic E-state index is 13.6. The van der Waals surface area contributed by atoms with Gasteiger partial charge < -0.3 is 22.5 Å². The number of benzene rings is 1. The maximum Gasteiger partial charge on any atom is 0.267 e. The standard InChI is InChI=1S/C21H19ClN10O/c1-2-13(28-18-11(8-23)17(25)30-21(26)31-18)19-29-14-5-3-4-12(22)16(14)20(33)32(19)10-6-7-15(24)27-9-10/h3-7,9,13H,2H2,1H3,(H2,24,27)(H5,25,26,28,30,31)/t13-/m0/s1. The highest BCUT2D eigenvalue weighted by Crippen LogP contribution is 2.28. The number of hydrogen-bond donors (Lipinski definition) is 4. The molecule has 4 aromatic rings. The van der Waals surface area contributed by atoms with Crippen LogP contribution in [0.3, 0.4) is 0 Å². The Labute approximate surface area is 192 Å². The summed E-state index contributed by atoms with van der Waals surface area (Å²) in [6, 6.07) is 9.68. The minimum atomic E-state index is -0.570. The Hall–Kier alpha value is -4.43. The quantitative estimate of drug-likeness (QED) is 0.342. The number of aromatic nitrogens is 5. The zero-order valence-electron chi connectivity index (χ0n) is 17.5. The number of nitriles is 1. The van der Waals surface area contributed by atoms with E-state index in [9.17, 15) is 10.1 Å². The van der Waals surface area contributed by atoms with Crippen molar-refractivity contribution in [1.29, 1.82) is 5.26 Å². The molecule has 0 unspecified atom stereocenters. The molecule has 0 aliphatic heterocycles. The van der Waals surface area contributed by atoms with Crippen LogP contribution in [0.25, 0.3) is 16.6 Å². The minimum Gasteiger partial charge on any atom is -0.384 e. The zero-order valence-corrected chi connectivity index (χ0v) is 18.2. The molecule has 0 fully saturated rings. The van der Waals surface area contributed by atoms with Crippen LogP contribution in [-0.4, -0.2) is 24.5 Å². The van der Waals surface area contributed by atoms with Crippen LogP contribution in [0.2, 0.25) is 5.02 Å². The van der Waals surface area contributed by atoms with Crippen molar-refractivity contribution < 1.29 is 0 Å². The molecule has 0 saturated carbocycles. The summed E-state index contributed by atoms with van der Waals surface area (Å²) in [6.45, 7) is 1.89. The number of rotatable bonds is 5. The van der Waals surface area contributed by atoms with E-state index in [2.05, 4.69) is 20.3 Å². The van der Waals surface area contributed by atoms with Crippen molar-refractivity contribution in [3.8, 4) is 11.8 Å². The lowest BCUT2D eigenvalue weighted by atomic mass is 10.1. The normalized spacial score (nSPS) is 11.8. The topological polar surface area (TPSA) is 187 Å². The van der Waals surface area contributed by atoms with Gasteiger partial charge in [0.1, 0.15) is 29.1 Å². The molecule has 0 saturated heterocycles. The second-order valence-electron chi connectivity index (χ2n) is 7.09. The Morgan fingerprint density at radius 1 is 1.18 bits per heavy atom. The summed E-state index contributed by atoms with van der Waals surface area (Å²) in [4.78, 5) is 30.4. The lowest BCUT2D eigenvalue weighted by Crippen LogP contribution is -2.29. The molecule has 33 heavy (non-hydrogen) atoms. The van der Waals surface area contributed by atoms with Crippen molar-refractivity contribution in [2.45, 2.75) is 19.4 Å². The van der Waals surface area contributed by atoms with Gasteiger partial charge in [0.25, 0.3) is 5.56 Å². The highest BCUT2D eigenvalue weighted by molar-refractivity contribution is 6.35. The van der Waals surface area contributed by atoms with Gasteiger partial charge in [0, 0.05) is 0 Å². The Balaban J connectivity index is 1.97. The van der Waals surface area contributed by atoms with Crippen molar-refractivity contribution in [3.05, 3.63) is 63.3 Å². The minimum absolute atomic E-state index is 0.0366. The monoisotopic (exact) mass is 462 g/mol. The van der Waals surface area contributed by atoms with E-state index in [0.29, 0.717) is 29.3 Å². The highest BCUT2D eigenvalue weighted by Gasteiger charge is 2.23. The molecule has 3 heterocycles. The molecule has 11 nitrogen and oxygen atoms in total. The summed E-state index contributed by atoms with van der Waals surface area (Å²) < 4.78 is 1.40. The zero-order chi connectivity index (χ0) is 23.7. The van der Waals surface area contributed by atoms with E-state index in [-0.39, 0.29) is 39.1 Å². The third kappa shape index (κ3) is 3.95. The summed E-state index contributed by atoms with van der Waals surface area (Å²) in [5.41, 5.74) is 17.8. The Bertz CT molecular complexity index is 1460. The second-order valence-corrected chi connectivity index (χ2v) is 7.50. The van der Waals surface area contributed by atoms with Crippen molar-refractivity contribution in [1.82, 2.24) is 24.5 Å². The van der Waals surface area contributed by atoms with E-state index in [1.165, 1.54) is 10.8 Å². The number of fused-ring (bicyclic) bond motifs is 1. The van der Waals surface area contributed by atoms with Crippen LogP contribution in [0.5, 0.6) is 0 Å². The van der Waals surface area contributed by atoms with Crippen LogP contribution in [0, 0.1) is 11.3 Å². The number of nitrogens with one attached hydrogen (secondary N) is 1. The molecule has 3 aromatic heterocycles. The van der Waals surface area contributed by atoms with E-state index in [1.807, 2.05) is 13.0 Å². The number of nitrogens with zero attached hydrogens (tertiary/aromatic N) is 6. The Morgan fingerprint density at radius 2 is 1.97 bits per heavy atom. The maximum atomic E-state index is 13.6. The third-order valence-electron chi connectivity index (χ3n) is 5.00. The molecule has 12 heteroatoms. The first kappa shape index (κ1) is 21.8. The molecule has 0 spiro atoms. The average Bonchev–Trinajstić information content (AvgIpc) is 2.78. The van der Waals surface area contributed by atoms with Gasteiger partial charge in [-0.3, -0.25) is 9.36 Å². The third-order valence-corrected chi connectivity index (χ3v) is 5.31. The number of hydrogen-bond acceptors (Lipinski definition) is 10.